The molecule has 0 spiro atoms. The first kappa shape index (κ1) is 12.2. The number of benzene rings is 1. The number of esters is 1. The molecule has 4 nitrogen and oxygen atoms in total. The predicted octanol–water partition coefficient (Wildman–Crippen LogP) is 2.19. The molecule has 0 heterocycles. The molecule has 4 heteroatoms. The third-order valence-corrected chi connectivity index (χ3v) is 2.12. The first-order valence-electron chi connectivity index (χ1n) is 5.06. The zero-order chi connectivity index (χ0) is 12.0. The Morgan fingerprint density at radius 1 is 1.62 bits per heavy atom. The van der Waals surface area contributed by atoms with E-state index in [9.17, 15) is 4.79 Å². The number of ether oxygens (including phenoxy) is 1. The lowest BCUT2D eigenvalue weighted by Gasteiger charge is -2.11. The molecule has 1 aromatic rings. The maximum absolute atomic E-state index is 11.2. The van der Waals surface area contributed by atoms with Gasteiger partial charge in [0.05, 0.1) is 19.6 Å². The van der Waals surface area contributed by atoms with Gasteiger partial charge in [-0.05, 0) is 12.5 Å². The molecule has 0 amide bonds. The molecule has 0 radical (unpaired) electrons. The molecule has 16 heavy (non-hydrogen) atoms. The summed E-state index contributed by atoms with van der Waals surface area (Å²) in [6.45, 7) is 8.99. The van der Waals surface area contributed by atoms with Crippen LogP contribution in [0.2, 0.25) is 0 Å². The van der Waals surface area contributed by atoms with E-state index < -0.39 is 6.04 Å². The molecular weight excluding hydrogens is 204 g/mol. The number of nitrogens with two attached hydrogens (primary N) is 1. The highest BCUT2D eigenvalue weighted by Crippen LogP contribution is 2.20. The molecule has 84 valence electrons. The first-order chi connectivity index (χ1) is 7.67. The molecule has 0 unspecified atom stereocenters. The van der Waals surface area contributed by atoms with Crippen LogP contribution in [0.1, 0.15) is 24.9 Å². The van der Waals surface area contributed by atoms with Gasteiger partial charge >= 0.3 is 5.97 Å². The van der Waals surface area contributed by atoms with Crippen molar-refractivity contribution in [3.63, 3.8) is 0 Å². The van der Waals surface area contributed by atoms with Gasteiger partial charge in [-0.15, -0.1) is 0 Å². The average molecular weight is 218 g/mol. The van der Waals surface area contributed by atoms with E-state index in [4.69, 9.17) is 17.0 Å². The van der Waals surface area contributed by atoms with Crippen LogP contribution in [-0.4, -0.2) is 12.6 Å². The number of rotatable bonds is 4. The summed E-state index contributed by atoms with van der Waals surface area (Å²) in [6.07, 6.45) is 0.134. The first-order valence-corrected chi connectivity index (χ1v) is 5.06. The lowest BCUT2D eigenvalue weighted by atomic mass is 10.0. The van der Waals surface area contributed by atoms with Crippen LogP contribution in [0, 0.1) is 6.57 Å². The Labute approximate surface area is 94.8 Å². The fourth-order valence-electron chi connectivity index (χ4n) is 1.34. The van der Waals surface area contributed by atoms with Gasteiger partial charge in [0.2, 0.25) is 0 Å². The SMILES string of the molecule is [C-]#[N+]c1cccc([C@@H](N)CC(=O)OCC)c1. The summed E-state index contributed by atoms with van der Waals surface area (Å²) in [4.78, 5) is 14.5. The Kier molecular flexibility index (Phi) is 4.49. The Morgan fingerprint density at radius 2 is 2.38 bits per heavy atom. The molecule has 0 aliphatic carbocycles. The predicted molar refractivity (Wildman–Crippen MR) is 60.9 cm³/mol. The van der Waals surface area contributed by atoms with Crippen molar-refractivity contribution in [1.29, 1.82) is 0 Å². The normalized spacial score (nSPS) is 11.6. The van der Waals surface area contributed by atoms with Gasteiger partial charge in [-0.3, -0.25) is 4.79 Å². The van der Waals surface area contributed by atoms with Crippen molar-refractivity contribution in [3.8, 4) is 0 Å². The second-order valence-corrected chi connectivity index (χ2v) is 3.32. The van der Waals surface area contributed by atoms with Gasteiger partial charge in [-0.1, -0.05) is 24.3 Å². The third-order valence-electron chi connectivity index (χ3n) is 2.12. The Morgan fingerprint density at radius 3 is 3.00 bits per heavy atom. The Bertz CT molecular complexity index is 410. The van der Waals surface area contributed by atoms with E-state index in [-0.39, 0.29) is 12.4 Å². The van der Waals surface area contributed by atoms with Crippen LogP contribution in [0.15, 0.2) is 24.3 Å². The highest BCUT2D eigenvalue weighted by Gasteiger charge is 2.12. The van der Waals surface area contributed by atoms with Crippen molar-refractivity contribution in [3.05, 3.63) is 41.2 Å². The summed E-state index contributed by atoms with van der Waals surface area (Å²) in [5.41, 5.74) is 7.15. The lowest BCUT2D eigenvalue weighted by Crippen LogP contribution is -2.17. The van der Waals surface area contributed by atoms with Crippen molar-refractivity contribution in [2.75, 3.05) is 6.61 Å². The van der Waals surface area contributed by atoms with Gasteiger partial charge in [-0.2, -0.15) is 0 Å². The molecule has 1 atom stereocenters. The van der Waals surface area contributed by atoms with Crippen LogP contribution in [0.25, 0.3) is 4.85 Å². The second kappa shape index (κ2) is 5.89. The van der Waals surface area contributed by atoms with Crippen LogP contribution in [0.5, 0.6) is 0 Å². The number of hydrogen-bond donors (Lipinski definition) is 1. The largest absolute Gasteiger partial charge is 0.466 e. The minimum Gasteiger partial charge on any atom is -0.466 e. The molecule has 0 aliphatic heterocycles. The second-order valence-electron chi connectivity index (χ2n) is 3.32. The molecule has 1 aromatic carbocycles. The smallest absolute Gasteiger partial charge is 0.307 e. The maximum Gasteiger partial charge on any atom is 0.307 e. The number of nitrogens with zero attached hydrogens (tertiary/aromatic N) is 1. The van der Waals surface area contributed by atoms with Gasteiger partial charge in [0.15, 0.2) is 5.69 Å². The molecule has 1 rings (SSSR count). The summed E-state index contributed by atoms with van der Waals surface area (Å²) < 4.78 is 4.81. The summed E-state index contributed by atoms with van der Waals surface area (Å²) in [7, 11) is 0. The third kappa shape index (κ3) is 3.37. The van der Waals surface area contributed by atoms with Crippen molar-refractivity contribution >= 4 is 11.7 Å². The minimum atomic E-state index is -0.416. The van der Waals surface area contributed by atoms with Crippen molar-refractivity contribution < 1.29 is 9.53 Å². The highest BCUT2D eigenvalue weighted by molar-refractivity contribution is 5.70. The quantitative estimate of drug-likeness (QED) is 0.622. The Balaban J connectivity index is 2.69. The molecule has 0 bridgehead atoms. The standard InChI is InChI=1S/C12H14N2O2/c1-3-16-12(15)8-11(13)9-5-4-6-10(7-9)14-2/h4-7,11H,3,8,13H2,1H3/t11-/m0/s1. The van der Waals surface area contributed by atoms with Crippen LogP contribution < -0.4 is 5.73 Å². The number of carbonyl (C=O) groups is 1. The minimum absolute atomic E-state index is 0.134. The fourth-order valence-corrected chi connectivity index (χ4v) is 1.34. The van der Waals surface area contributed by atoms with E-state index >= 15 is 0 Å². The van der Waals surface area contributed by atoms with Crippen molar-refractivity contribution in [2.45, 2.75) is 19.4 Å². The maximum atomic E-state index is 11.2. The molecule has 0 fully saturated rings. The molecule has 0 saturated carbocycles. The fraction of sp³-hybridized carbons (Fsp3) is 0.333. The van der Waals surface area contributed by atoms with Gasteiger partial charge < -0.3 is 10.5 Å². The topological polar surface area (TPSA) is 56.7 Å². The molecule has 2 N–H and O–H groups in total. The van der Waals surface area contributed by atoms with E-state index in [1.165, 1.54) is 0 Å². The average Bonchev–Trinajstić information content (AvgIpc) is 2.29. The number of carbonyl (C=O) groups excluding carboxylic acids is 1. The van der Waals surface area contributed by atoms with E-state index in [0.717, 1.165) is 5.56 Å². The van der Waals surface area contributed by atoms with Crippen molar-refractivity contribution in [2.24, 2.45) is 5.73 Å². The molecule has 0 aliphatic rings. The molecular formula is C12H14N2O2. The summed E-state index contributed by atoms with van der Waals surface area (Å²) in [5, 5.41) is 0. The summed E-state index contributed by atoms with van der Waals surface area (Å²) in [5.74, 6) is -0.316. The van der Waals surface area contributed by atoms with E-state index in [2.05, 4.69) is 4.85 Å². The lowest BCUT2D eigenvalue weighted by molar-refractivity contribution is -0.143. The van der Waals surface area contributed by atoms with Crippen LogP contribution in [0.3, 0.4) is 0 Å². The Hall–Kier alpha value is -1.86. The van der Waals surface area contributed by atoms with Gasteiger partial charge in [-0.25, -0.2) is 4.85 Å². The van der Waals surface area contributed by atoms with Gasteiger partial charge in [0.1, 0.15) is 0 Å². The monoisotopic (exact) mass is 218 g/mol. The molecule has 0 aromatic heterocycles. The summed E-state index contributed by atoms with van der Waals surface area (Å²) >= 11 is 0. The van der Waals surface area contributed by atoms with E-state index in [1.54, 1.807) is 31.2 Å². The van der Waals surface area contributed by atoms with E-state index in [1.807, 2.05) is 0 Å². The highest BCUT2D eigenvalue weighted by atomic mass is 16.5. The zero-order valence-corrected chi connectivity index (χ0v) is 9.14. The van der Waals surface area contributed by atoms with Crippen LogP contribution in [0.4, 0.5) is 5.69 Å². The molecule has 0 saturated heterocycles. The van der Waals surface area contributed by atoms with E-state index in [0.29, 0.717) is 12.3 Å². The van der Waals surface area contributed by atoms with Gasteiger partial charge in [0.25, 0.3) is 0 Å². The van der Waals surface area contributed by atoms with Gasteiger partial charge in [0, 0.05) is 6.04 Å². The zero-order valence-electron chi connectivity index (χ0n) is 9.14. The number of hydrogen-bond acceptors (Lipinski definition) is 3. The van der Waals surface area contributed by atoms with Crippen molar-refractivity contribution in [1.82, 2.24) is 0 Å². The van der Waals surface area contributed by atoms with Crippen LogP contribution >= 0.6 is 0 Å². The van der Waals surface area contributed by atoms with Crippen LogP contribution in [-0.2, 0) is 9.53 Å². The summed E-state index contributed by atoms with van der Waals surface area (Å²) in [6, 6.07) is 6.54.